The molecule has 0 radical (unpaired) electrons. The lowest BCUT2D eigenvalue weighted by Crippen LogP contribution is -2.20. The monoisotopic (exact) mass is 365 g/mol. The molecule has 1 amide bonds. The van der Waals surface area contributed by atoms with Crippen molar-refractivity contribution in [2.45, 2.75) is 13.8 Å². The van der Waals surface area contributed by atoms with Crippen molar-refractivity contribution in [2.75, 3.05) is 18.5 Å². The van der Waals surface area contributed by atoms with E-state index >= 15 is 0 Å². The number of halogens is 1. The smallest absolute Gasteiger partial charge is 0.348 e. The molecule has 0 aliphatic heterocycles. The lowest BCUT2D eigenvalue weighted by Gasteiger charge is -2.05. The van der Waals surface area contributed by atoms with Crippen LogP contribution < -0.4 is 5.32 Å². The van der Waals surface area contributed by atoms with Crippen molar-refractivity contribution in [3.8, 4) is 0 Å². The average Bonchev–Trinajstić information content (AvgIpc) is 2.93. The van der Waals surface area contributed by atoms with E-state index in [1.807, 2.05) is 0 Å². The number of nitrogens with one attached hydrogen (secondary N) is 1. The molecule has 0 atom stereocenters. The van der Waals surface area contributed by atoms with Crippen LogP contribution in [0.3, 0.4) is 0 Å². The van der Waals surface area contributed by atoms with Crippen LogP contribution in [0.15, 0.2) is 30.3 Å². The normalized spacial score (nSPS) is 10.2. The van der Waals surface area contributed by atoms with Crippen molar-refractivity contribution in [3.05, 3.63) is 52.2 Å². The second kappa shape index (κ2) is 8.39. The Hall–Kier alpha value is -2.74. The van der Waals surface area contributed by atoms with Gasteiger partial charge in [0.25, 0.3) is 5.91 Å². The Morgan fingerprint density at radius 3 is 2.56 bits per heavy atom. The Balaban J connectivity index is 1.92. The van der Waals surface area contributed by atoms with Crippen molar-refractivity contribution in [2.24, 2.45) is 0 Å². The quantitative estimate of drug-likeness (QED) is 0.795. The summed E-state index contributed by atoms with van der Waals surface area (Å²) < 4.78 is 23.2. The number of ether oxygens (including phenoxy) is 2. The number of hydrogen-bond acceptors (Lipinski definition) is 6. The highest BCUT2D eigenvalue weighted by molar-refractivity contribution is 7.18. The highest BCUT2D eigenvalue weighted by Crippen LogP contribution is 2.27. The van der Waals surface area contributed by atoms with Gasteiger partial charge < -0.3 is 14.8 Å². The van der Waals surface area contributed by atoms with E-state index in [0.29, 0.717) is 15.4 Å². The van der Waals surface area contributed by atoms with Gasteiger partial charge >= 0.3 is 11.9 Å². The Morgan fingerprint density at radius 2 is 1.88 bits per heavy atom. The highest BCUT2D eigenvalue weighted by atomic mass is 32.1. The first kappa shape index (κ1) is 18.6. The number of thiophene rings is 1. The molecule has 25 heavy (non-hydrogen) atoms. The summed E-state index contributed by atoms with van der Waals surface area (Å²) >= 11 is 1.06. The second-order valence-corrected chi connectivity index (χ2v) is 6.00. The van der Waals surface area contributed by atoms with Gasteiger partial charge in [-0.3, -0.25) is 4.79 Å². The van der Waals surface area contributed by atoms with E-state index in [4.69, 9.17) is 9.47 Å². The summed E-state index contributed by atoms with van der Waals surface area (Å²) in [5.41, 5.74) is 0.425. The number of hydrogen-bond donors (Lipinski definition) is 1. The molecule has 1 heterocycles. The fourth-order valence-electron chi connectivity index (χ4n) is 1.95. The standard InChI is InChI=1S/C17H16FNO5S/c1-3-23-17(22)15-10(2)8-14(25-15)19-13(20)9-24-16(21)11-6-4-5-7-12(11)18/h4-8H,3,9H2,1-2H3,(H,19,20). The molecule has 0 saturated carbocycles. The van der Waals surface area contributed by atoms with Crippen molar-refractivity contribution >= 4 is 34.2 Å². The third kappa shape index (κ3) is 4.87. The zero-order valence-electron chi connectivity index (χ0n) is 13.6. The van der Waals surface area contributed by atoms with E-state index in [1.54, 1.807) is 19.9 Å². The SMILES string of the molecule is CCOC(=O)c1sc(NC(=O)COC(=O)c2ccccc2F)cc1C. The van der Waals surface area contributed by atoms with E-state index < -0.39 is 30.3 Å². The number of amides is 1. The molecule has 0 bridgehead atoms. The number of rotatable bonds is 6. The molecule has 1 aromatic carbocycles. The van der Waals surface area contributed by atoms with Gasteiger partial charge in [0.1, 0.15) is 10.7 Å². The summed E-state index contributed by atoms with van der Waals surface area (Å²) in [5.74, 6) is -2.71. The molecular weight excluding hydrogens is 349 g/mol. The van der Waals surface area contributed by atoms with Gasteiger partial charge in [-0.2, -0.15) is 0 Å². The molecule has 8 heteroatoms. The van der Waals surface area contributed by atoms with Gasteiger partial charge in [0.05, 0.1) is 17.2 Å². The number of carbonyl (C=O) groups is 3. The minimum Gasteiger partial charge on any atom is -0.462 e. The van der Waals surface area contributed by atoms with Gasteiger partial charge in [-0.05, 0) is 37.6 Å². The first-order chi connectivity index (χ1) is 11.9. The molecule has 0 saturated heterocycles. The van der Waals surface area contributed by atoms with Crippen LogP contribution in [0.2, 0.25) is 0 Å². The van der Waals surface area contributed by atoms with Crippen LogP contribution in [0.1, 0.15) is 32.5 Å². The number of benzene rings is 1. The minimum atomic E-state index is -0.928. The lowest BCUT2D eigenvalue weighted by molar-refractivity contribution is -0.119. The molecule has 132 valence electrons. The van der Waals surface area contributed by atoms with Crippen molar-refractivity contribution in [1.82, 2.24) is 0 Å². The summed E-state index contributed by atoms with van der Waals surface area (Å²) in [6.07, 6.45) is 0. The van der Waals surface area contributed by atoms with Crippen LogP contribution in [0.5, 0.6) is 0 Å². The first-order valence-corrected chi connectivity index (χ1v) is 8.23. The van der Waals surface area contributed by atoms with Gasteiger partial charge in [-0.25, -0.2) is 14.0 Å². The van der Waals surface area contributed by atoms with Crippen LogP contribution in [0.4, 0.5) is 9.39 Å². The predicted molar refractivity (Wildman–Crippen MR) is 90.3 cm³/mol. The Labute approximate surface area is 147 Å². The minimum absolute atomic E-state index is 0.244. The third-order valence-corrected chi connectivity index (χ3v) is 4.20. The maximum Gasteiger partial charge on any atom is 0.348 e. The number of aryl methyl sites for hydroxylation is 1. The van der Waals surface area contributed by atoms with E-state index in [0.717, 1.165) is 17.4 Å². The fraction of sp³-hybridized carbons (Fsp3) is 0.235. The summed E-state index contributed by atoms with van der Waals surface area (Å²) in [7, 11) is 0. The molecule has 0 spiro atoms. The van der Waals surface area contributed by atoms with Crippen LogP contribution >= 0.6 is 11.3 Å². The number of anilines is 1. The summed E-state index contributed by atoms with van der Waals surface area (Å²) in [6, 6.07) is 6.95. The Morgan fingerprint density at radius 1 is 1.16 bits per heavy atom. The fourth-order valence-corrected chi connectivity index (χ4v) is 2.93. The maximum absolute atomic E-state index is 13.5. The van der Waals surface area contributed by atoms with Crippen molar-refractivity contribution in [1.29, 1.82) is 0 Å². The number of carbonyl (C=O) groups excluding carboxylic acids is 3. The molecule has 1 aromatic heterocycles. The van der Waals surface area contributed by atoms with Gasteiger partial charge in [0, 0.05) is 0 Å². The number of esters is 2. The van der Waals surface area contributed by atoms with Crippen LogP contribution in [-0.4, -0.2) is 31.1 Å². The van der Waals surface area contributed by atoms with E-state index in [-0.39, 0.29) is 12.2 Å². The molecule has 6 nitrogen and oxygen atoms in total. The topological polar surface area (TPSA) is 81.7 Å². The second-order valence-electron chi connectivity index (χ2n) is 4.95. The van der Waals surface area contributed by atoms with Crippen molar-refractivity contribution < 1.29 is 28.2 Å². The third-order valence-electron chi connectivity index (χ3n) is 3.07. The predicted octanol–water partition coefficient (Wildman–Crippen LogP) is 3.17. The summed E-state index contributed by atoms with van der Waals surface area (Å²) in [6.45, 7) is 3.10. The van der Waals surface area contributed by atoms with Crippen LogP contribution in [0.25, 0.3) is 0 Å². The van der Waals surface area contributed by atoms with Gasteiger partial charge in [-0.15, -0.1) is 11.3 Å². The summed E-state index contributed by atoms with van der Waals surface area (Å²) in [4.78, 5) is 35.7. The van der Waals surface area contributed by atoms with Gasteiger partial charge in [-0.1, -0.05) is 12.1 Å². The molecule has 2 rings (SSSR count). The molecule has 0 aliphatic carbocycles. The Bertz CT molecular complexity index is 802. The molecule has 0 unspecified atom stereocenters. The largest absolute Gasteiger partial charge is 0.462 e. The Kier molecular flexibility index (Phi) is 6.24. The lowest BCUT2D eigenvalue weighted by atomic mass is 10.2. The molecule has 0 aliphatic rings. The molecule has 0 fully saturated rings. The van der Waals surface area contributed by atoms with Gasteiger partial charge in [0.15, 0.2) is 6.61 Å². The van der Waals surface area contributed by atoms with E-state index in [1.165, 1.54) is 18.2 Å². The zero-order chi connectivity index (χ0) is 18.4. The summed E-state index contributed by atoms with van der Waals surface area (Å²) in [5, 5.41) is 2.95. The van der Waals surface area contributed by atoms with Crippen LogP contribution in [0, 0.1) is 12.7 Å². The van der Waals surface area contributed by atoms with Crippen LogP contribution in [-0.2, 0) is 14.3 Å². The first-order valence-electron chi connectivity index (χ1n) is 7.41. The highest BCUT2D eigenvalue weighted by Gasteiger charge is 2.17. The average molecular weight is 365 g/mol. The molecular formula is C17H16FNO5S. The van der Waals surface area contributed by atoms with E-state index in [2.05, 4.69) is 5.32 Å². The maximum atomic E-state index is 13.5. The van der Waals surface area contributed by atoms with E-state index in [9.17, 15) is 18.8 Å². The molecule has 1 N–H and O–H groups in total. The molecule has 2 aromatic rings. The van der Waals surface area contributed by atoms with Crippen molar-refractivity contribution in [3.63, 3.8) is 0 Å². The van der Waals surface area contributed by atoms with Gasteiger partial charge in [0.2, 0.25) is 0 Å². The zero-order valence-corrected chi connectivity index (χ0v) is 14.4.